The number of ketones is 1. The fraction of sp³-hybridized carbons (Fsp3) is 0.688. The first-order valence-electron chi connectivity index (χ1n) is 23.1. The standard InChI is InChI=1S/C48H79O14P/c1-3-5-7-8-9-10-11-12-13-14-15-16-17-18-19-20-21-22-24-30-48(56)62-42(38-61-63(57,58)60-36-41(52)35-49)37-59-47(55)29-26-25-28-40(51)33-44-43(45(53)34-46(44)54)32-31-39(50)27-23-6-4-2/h5,7,9-10,12-13,15-16,18-19,31-32,39,41-46,49-50,52-54H,3-4,6,8,11,14,17,20-30,33-38H2,1-2H3,(H,57,58)/b7-5-,10-9-,13-12-,16-15-,19-18-,32-31+/t39-,41-,42+,43+,44+,45+,46-/m0/s1. The molecule has 0 spiro atoms. The summed E-state index contributed by atoms with van der Waals surface area (Å²) in [5, 5.41) is 49.7. The summed E-state index contributed by atoms with van der Waals surface area (Å²) in [6.07, 6.45) is 32.1. The number of rotatable bonds is 38. The Morgan fingerprint density at radius 1 is 0.698 bits per heavy atom. The molecular formula is C48H79O14P. The van der Waals surface area contributed by atoms with Crippen molar-refractivity contribution in [3.05, 3.63) is 72.9 Å². The lowest BCUT2D eigenvalue weighted by Gasteiger charge is -2.20. The Hall–Kier alpha value is -3.04. The van der Waals surface area contributed by atoms with Gasteiger partial charge in [0.1, 0.15) is 18.5 Å². The fourth-order valence-corrected chi connectivity index (χ4v) is 7.51. The zero-order chi connectivity index (χ0) is 46.6. The topological polar surface area (TPSA) is 227 Å². The monoisotopic (exact) mass is 911 g/mol. The smallest absolute Gasteiger partial charge is 0.462 e. The van der Waals surface area contributed by atoms with Gasteiger partial charge < -0.3 is 39.9 Å². The van der Waals surface area contributed by atoms with E-state index in [0.29, 0.717) is 25.7 Å². The number of esters is 2. The summed E-state index contributed by atoms with van der Waals surface area (Å²) in [5.41, 5.74) is 0. The van der Waals surface area contributed by atoms with Gasteiger partial charge >= 0.3 is 19.8 Å². The van der Waals surface area contributed by atoms with Crippen molar-refractivity contribution in [1.82, 2.24) is 0 Å². The van der Waals surface area contributed by atoms with Crippen LogP contribution in [0.2, 0.25) is 0 Å². The second-order valence-electron chi connectivity index (χ2n) is 16.0. The predicted octanol–water partition coefficient (Wildman–Crippen LogP) is 8.01. The minimum Gasteiger partial charge on any atom is -0.462 e. The van der Waals surface area contributed by atoms with Gasteiger partial charge in [-0.2, -0.15) is 0 Å². The predicted molar refractivity (Wildman–Crippen MR) is 244 cm³/mol. The Bertz CT molecular complexity index is 1460. The lowest BCUT2D eigenvalue weighted by molar-refractivity contribution is -0.161. The number of Topliss-reactive ketones (excluding diaryl/α,β-unsaturated/α-hetero) is 1. The number of carbonyl (C=O) groups is 3. The van der Waals surface area contributed by atoms with Crippen molar-refractivity contribution >= 4 is 25.5 Å². The van der Waals surface area contributed by atoms with Gasteiger partial charge in [-0.25, -0.2) is 4.57 Å². The molecule has 0 aromatic carbocycles. The van der Waals surface area contributed by atoms with Crippen molar-refractivity contribution in [2.24, 2.45) is 11.8 Å². The first kappa shape index (κ1) is 58.0. The highest BCUT2D eigenvalue weighted by Crippen LogP contribution is 2.43. The average molecular weight is 911 g/mol. The van der Waals surface area contributed by atoms with Gasteiger partial charge in [0.2, 0.25) is 0 Å². The molecule has 0 bridgehead atoms. The van der Waals surface area contributed by atoms with Crippen molar-refractivity contribution < 1.29 is 67.9 Å². The van der Waals surface area contributed by atoms with Crippen LogP contribution >= 0.6 is 7.82 Å². The van der Waals surface area contributed by atoms with Crippen molar-refractivity contribution in [3.8, 4) is 0 Å². The van der Waals surface area contributed by atoms with Crippen LogP contribution in [0.15, 0.2) is 72.9 Å². The lowest BCUT2D eigenvalue weighted by Crippen LogP contribution is -2.29. The Morgan fingerprint density at radius 3 is 1.92 bits per heavy atom. The van der Waals surface area contributed by atoms with E-state index < -0.39 is 88.5 Å². The van der Waals surface area contributed by atoms with Crippen LogP contribution in [0.3, 0.4) is 0 Å². The number of aliphatic hydroxyl groups is 5. The number of unbranched alkanes of at least 4 members (excludes halogenated alkanes) is 6. The number of hydrogen-bond acceptors (Lipinski definition) is 13. The highest BCUT2D eigenvalue weighted by Gasteiger charge is 2.41. The highest BCUT2D eigenvalue weighted by atomic mass is 31.2. The van der Waals surface area contributed by atoms with Gasteiger partial charge in [-0.05, 0) is 70.6 Å². The van der Waals surface area contributed by atoms with Crippen LogP contribution in [0.25, 0.3) is 0 Å². The average Bonchev–Trinajstić information content (AvgIpc) is 3.52. The van der Waals surface area contributed by atoms with E-state index in [1.165, 1.54) is 0 Å². The van der Waals surface area contributed by atoms with Gasteiger partial charge in [-0.3, -0.25) is 23.4 Å². The van der Waals surface area contributed by atoms with E-state index in [0.717, 1.165) is 70.6 Å². The van der Waals surface area contributed by atoms with E-state index >= 15 is 0 Å². The van der Waals surface area contributed by atoms with Gasteiger partial charge in [0.25, 0.3) is 0 Å². The molecule has 1 saturated carbocycles. The number of carbonyl (C=O) groups excluding carboxylic acids is 3. The molecule has 8 atom stereocenters. The number of allylic oxidation sites excluding steroid dienone is 10. The van der Waals surface area contributed by atoms with Gasteiger partial charge in [-0.1, -0.05) is 112 Å². The van der Waals surface area contributed by atoms with Crippen molar-refractivity contribution in [3.63, 3.8) is 0 Å². The minimum absolute atomic E-state index is 0.0539. The Morgan fingerprint density at radius 2 is 1.29 bits per heavy atom. The van der Waals surface area contributed by atoms with E-state index in [2.05, 4.69) is 79.1 Å². The molecule has 6 N–H and O–H groups in total. The molecule has 1 rings (SSSR count). The molecule has 14 nitrogen and oxygen atoms in total. The molecule has 0 aliphatic heterocycles. The molecule has 1 aliphatic carbocycles. The van der Waals surface area contributed by atoms with Crippen molar-refractivity contribution in [2.45, 2.75) is 173 Å². The van der Waals surface area contributed by atoms with E-state index in [4.69, 9.17) is 19.1 Å². The zero-order valence-corrected chi connectivity index (χ0v) is 38.7. The quantitative estimate of drug-likeness (QED) is 0.0149. The van der Waals surface area contributed by atoms with Gasteiger partial charge in [0, 0.05) is 43.9 Å². The molecule has 0 heterocycles. The summed E-state index contributed by atoms with van der Waals surface area (Å²) in [6.45, 7) is 1.68. The lowest BCUT2D eigenvalue weighted by atomic mass is 9.87. The van der Waals surface area contributed by atoms with Crippen LogP contribution in [0.5, 0.6) is 0 Å². The molecule has 0 aromatic rings. The van der Waals surface area contributed by atoms with Crippen LogP contribution in [0, 0.1) is 11.8 Å². The number of hydrogen-bond donors (Lipinski definition) is 6. The van der Waals surface area contributed by atoms with Crippen LogP contribution < -0.4 is 0 Å². The minimum atomic E-state index is -4.73. The molecule has 0 radical (unpaired) electrons. The molecule has 360 valence electrons. The molecule has 0 saturated heterocycles. The third-order valence-corrected chi connectivity index (χ3v) is 11.3. The first-order valence-corrected chi connectivity index (χ1v) is 24.6. The molecule has 0 amide bonds. The molecule has 15 heteroatoms. The number of ether oxygens (including phenoxy) is 2. The van der Waals surface area contributed by atoms with Gasteiger partial charge in [0.05, 0.1) is 38.1 Å². The van der Waals surface area contributed by atoms with E-state index in [1.54, 1.807) is 12.2 Å². The third-order valence-electron chi connectivity index (χ3n) is 10.3. The zero-order valence-electron chi connectivity index (χ0n) is 37.8. The number of phosphoric ester groups is 1. The Labute approximate surface area is 376 Å². The molecular weight excluding hydrogens is 831 g/mol. The summed E-state index contributed by atoms with van der Waals surface area (Å²) in [5.74, 6) is -2.32. The summed E-state index contributed by atoms with van der Waals surface area (Å²) in [4.78, 5) is 48.1. The normalized spacial score (nSPS) is 20.8. The molecule has 0 aromatic heterocycles. The SMILES string of the molecule is CC/C=C\C/C=C\C/C=C\C/C=C\C/C=C\CCCCCC(=O)O[C@H](COC(=O)CCCCC(=O)C[C@@H]1[C@@H](/C=C/[C@@H](O)CCCCC)[C@H](O)C[C@@H]1O)COP(=O)(O)OC[C@@H](O)CO. The fourth-order valence-electron chi connectivity index (χ4n) is 6.72. The first-order chi connectivity index (χ1) is 30.3. The maximum absolute atomic E-state index is 12.8. The summed E-state index contributed by atoms with van der Waals surface area (Å²) in [6, 6.07) is 0. The van der Waals surface area contributed by atoms with Gasteiger partial charge in [-0.15, -0.1) is 0 Å². The second kappa shape index (κ2) is 37.2. The highest BCUT2D eigenvalue weighted by molar-refractivity contribution is 7.47. The molecule has 1 aliphatic rings. The Balaban J connectivity index is 2.49. The third kappa shape index (κ3) is 31.5. The summed E-state index contributed by atoms with van der Waals surface area (Å²) in [7, 11) is -4.73. The summed E-state index contributed by atoms with van der Waals surface area (Å²) >= 11 is 0. The van der Waals surface area contributed by atoms with Crippen LogP contribution in [0.4, 0.5) is 0 Å². The van der Waals surface area contributed by atoms with Crippen LogP contribution in [-0.4, -0.2) is 105 Å². The summed E-state index contributed by atoms with van der Waals surface area (Å²) < 4.78 is 32.6. The maximum atomic E-state index is 12.8. The van der Waals surface area contributed by atoms with Crippen LogP contribution in [0.1, 0.15) is 142 Å². The van der Waals surface area contributed by atoms with Crippen LogP contribution in [-0.2, 0) is 37.5 Å². The second-order valence-corrected chi connectivity index (χ2v) is 17.5. The molecule has 1 unspecified atom stereocenters. The number of aliphatic hydroxyl groups excluding tert-OH is 5. The van der Waals surface area contributed by atoms with Crippen molar-refractivity contribution in [2.75, 3.05) is 26.4 Å². The van der Waals surface area contributed by atoms with E-state index in [9.17, 15) is 44.3 Å². The largest absolute Gasteiger partial charge is 0.472 e. The maximum Gasteiger partial charge on any atom is 0.472 e. The molecule has 1 fully saturated rings. The van der Waals surface area contributed by atoms with Gasteiger partial charge in [0.15, 0.2) is 6.10 Å². The van der Waals surface area contributed by atoms with E-state index in [-0.39, 0.29) is 37.9 Å². The Kier molecular flexibility index (Phi) is 34.2. The number of phosphoric acid groups is 1. The van der Waals surface area contributed by atoms with Crippen molar-refractivity contribution in [1.29, 1.82) is 0 Å². The van der Waals surface area contributed by atoms with E-state index in [1.807, 2.05) is 0 Å². The molecule has 63 heavy (non-hydrogen) atoms.